The van der Waals surface area contributed by atoms with E-state index in [0.717, 1.165) is 12.1 Å². The van der Waals surface area contributed by atoms with Crippen LogP contribution in [0.1, 0.15) is 23.7 Å². The molecule has 1 aromatic rings. The number of rotatable bonds is 5. The molecule has 0 aromatic heterocycles. The molecule has 0 aliphatic carbocycles. The van der Waals surface area contributed by atoms with Crippen molar-refractivity contribution in [2.45, 2.75) is 25.7 Å². The number of carbonyl (C=O) groups excluding carboxylic acids is 1. The fraction of sp³-hybridized carbons (Fsp3) is 0.462. The molecule has 0 heterocycles. The third-order valence-electron chi connectivity index (χ3n) is 2.60. The van der Waals surface area contributed by atoms with E-state index in [4.69, 9.17) is 5.73 Å². The number of alkyl halides is 3. The van der Waals surface area contributed by atoms with E-state index in [9.17, 15) is 18.0 Å². The van der Waals surface area contributed by atoms with Crippen LogP contribution in [0, 0.1) is 0 Å². The minimum Gasteiger partial charge on any atom is -0.406 e. The number of ether oxygens (including phenoxy) is 1. The smallest absolute Gasteiger partial charge is 0.406 e. The summed E-state index contributed by atoms with van der Waals surface area (Å²) in [6.45, 7) is 2.32. The predicted octanol–water partition coefficient (Wildman–Crippen LogP) is 2.39. The minimum absolute atomic E-state index is 0.0205. The van der Waals surface area contributed by atoms with Crippen LogP contribution in [0.15, 0.2) is 24.3 Å². The van der Waals surface area contributed by atoms with Crippen LogP contribution in [0.5, 0.6) is 5.75 Å². The molecule has 0 fully saturated rings. The SMILES string of the molecule is CC(N)CCN(C)C(=O)c1ccc(OC(F)(F)F)cc1. The van der Waals surface area contributed by atoms with Crippen LogP contribution in [0.3, 0.4) is 0 Å². The highest BCUT2D eigenvalue weighted by Gasteiger charge is 2.31. The molecule has 0 saturated heterocycles. The minimum atomic E-state index is -4.74. The largest absolute Gasteiger partial charge is 0.573 e. The highest BCUT2D eigenvalue weighted by Crippen LogP contribution is 2.23. The molecular formula is C13H17F3N2O2. The Labute approximate surface area is 115 Å². The maximum atomic E-state index is 12.0. The number of amides is 1. The number of nitrogens with zero attached hydrogens (tertiary/aromatic N) is 1. The maximum absolute atomic E-state index is 12.0. The van der Waals surface area contributed by atoms with Crippen LogP contribution in [-0.4, -0.2) is 36.8 Å². The predicted molar refractivity (Wildman–Crippen MR) is 68.4 cm³/mol. The van der Waals surface area contributed by atoms with Crippen molar-refractivity contribution >= 4 is 5.91 Å². The van der Waals surface area contributed by atoms with Crippen molar-refractivity contribution in [3.8, 4) is 5.75 Å². The number of hydrogen-bond donors (Lipinski definition) is 1. The van der Waals surface area contributed by atoms with Crippen molar-refractivity contribution in [2.75, 3.05) is 13.6 Å². The summed E-state index contributed by atoms with van der Waals surface area (Å²) in [5, 5.41) is 0. The Bertz CT molecular complexity index is 444. The summed E-state index contributed by atoms with van der Waals surface area (Å²) in [5.74, 6) is -0.628. The summed E-state index contributed by atoms with van der Waals surface area (Å²) < 4.78 is 39.7. The van der Waals surface area contributed by atoms with Crippen LogP contribution < -0.4 is 10.5 Å². The Morgan fingerprint density at radius 2 is 1.90 bits per heavy atom. The van der Waals surface area contributed by atoms with E-state index in [-0.39, 0.29) is 17.7 Å². The van der Waals surface area contributed by atoms with E-state index in [0.29, 0.717) is 18.5 Å². The van der Waals surface area contributed by atoms with Gasteiger partial charge in [0.05, 0.1) is 0 Å². The molecular weight excluding hydrogens is 273 g/mol. The summed E-state index contributed by atoms with van der Waals surface area (Å²) in [6.07, 6.45) is -4.09. The van der Waals surface area contributed by atoms with Crippen molar-refractivity contribution < 1.29 is 22.7 Å². The third-order valence-corrected chi connectivity index (χ3v) is 2.60. The van der Waals surface area contributed by atoms with Crippen molar-refractivity contribution in [3.05, 3.63) is 29.8 Å². The zero-order valence-electron chi connectivity index (χ0n) is 11.3. The van der Waals surface area contributed by atoms with Gasteiger partial charge in [0.15, 0.2) is 0 Å². The molecule has 1 atom stereocenters. The van der Waals surface area contributed by atoms with Crippen molar-refractivity contribution in [3.63, 3.8) is 0 Å². The van der Waals surface area contributed by atoms with Crippen molar-refractivity contribution in [2.24, 2.45) is 5.73 Å². The number of halogens is 3. The second-order valence-corrected chi connectivity index (χ2v) is 4.56. The van der Waals surface area contributed by atoms with Gasteiger partial charge in [0, 0.05) is 25.2 Å². The van der Waals surface area contributed by atoms with Gasteiger partial charge in [0.1, 0.15) is 5.75 Å². The van der Waals surface area contributed by atoms with E-state index in [1.807, 2.05) is 6.92 Å². The first-order valence-corrected chi connectivity index (χ1v) is 6.06. The molecule has 0 saturated carbocycles. The molecule has 112 valence electrons. The number of hydrogen-bond acceptors (Lipinski definition) is 3. The lowest BCUT2D eigenvalue weighted by Crippen LogP contribution is -2.31. The van der Waals surface area contributed by atoms with Gasteiger partial charge in [-0.2, -0.15) is 0 Å². The fourth-order valence-electron chi connectivity index (χ4n) is 1.52. The number of carbonyl (C=O) groups is 1. The molecule has 7 heteroatoms. The molecule has 0 aliphatic rings. The maximum Gasteiger partial charge on any atom is 0.573 e. The normalized spacial score (nSPS) is 12.9. The number of nitrogens with two attached hydrogens (primary N) is 1. The standard InChI is InChI=1S/C13H17F3N2O2/c1-9(17)7-8-18(2)12(19)10-3-5-11(6-4-10)20-13(14,15)16/h3-6,9H,7-8,17H2,1-2H3. The molecule has 0 spiro atoms. The van der Waals surface area contributed by atoms with Gasteiger partial charge in [-0.3, -0.25) is 4.79 Å². The van der Waals surface area contributed by atoms with Crippen LogP contribution in [-0.2, 0) is 0 Å². The van der Waals surface area contributed by atoms with Gasteiger partial charge < -0.3 is 15.4 Å². The number of benzene rings is 1. The molecule has 0 bridgehead atoms. The van der Waals surface area contributed by atoms with Crippen molar-refractivity contribution in [1.82, 2.24) is 4.90 Å². The zero-order valence-corrected chi connectivity index (χ0v) is 11.3. The topological polar surface area (TPSA) is 55.6 Å². The van der Waals surface area contributed by atoms with Crippen molar-refractivity contribution in [1.29, 1.82) is 0 Å². The molecule has 2 N–H and O–H groups in total. The van der Waals surface area contributed by atoms with Gasteiger partial charge in [0.25, 0.3) is 5.91 Å². The van der Waals surface area contributed by atoms with E-state index in [1.165, 1.54) is 17.0 Å². The second kappa shape index (κ2) is 6.60. The Hall–Kier alpha value is -1.76. The summed E-state index contributed by atoms with van der Waals surface area (Å²) in [4.78, 5) is 13.5. The Morgan fingerprint density at radius 3 is 2.35 bits per heavy atom. The second-order valence-electron chi connectivity index (χ2n) is 4.56. The highest BCUT2D eigenvalue weighted by molar-refractivity contribution is 5.94. The first-order valence-electron chi connectivity index (χ1n) is 6.06. The van der Waals surface area contributed by atoms with Gasteiger partial charge in [-0.25, -0.2) is 0 Å². The van der Waals surface area contributed by atoms with Gasteiger partial charge in [0.2, 0.25) is 0 Å². The third kappa shape index (κ3) is 5.48. The summed E-state index contributed by atoms with van der Waals surface area (Å²) >= 11 is 0. The first kappa shape index (κ1) is 16.3. The zero-order chi connectivity index (χ0) is 15.3. The Balaban J connectivity index is 2.65. The summed E-state index contributed by atoms with van der Waals surface area (Å²) in [6, 6.07) is 4.80. The highest BCUT2D eigenvalue weighted by atomic mass is 19.4. The van der Waals surface area contributed by atoms with Gasteiger partial charge in [-0.05, 0) is 37.6 Å². The molecule has 1 rings (SSSR count). The summed E-state index contributed by atoms with van der Waals surface area (Å²) in [5.41, 5.74) is 5.89. The molecule has 0 radical (unpaired) electrons. The molecule has 1 unspecified atom stereocenters. The Morgan fingerprint density at radius 1 is 1.35 bits per heavy atom. The van der Waals surface area contributed by atoms with E-state index >= 15 is 0 Å². The van der Waals surface area contributed by atoms with Gasteiger partial charge in [-0.15, -0.1) is 13.2 Å². The Kier molecular flexibility index (Phi) is 5.38. The van der Waals surface area contributed by atoms with Crippen LogP contribution in [0.2, 0.25) is 0 Å². The van der Waals surface area contributed by atoms with Crippen LogP contribution >= 0.6 is 0 Å². The van der Waals surface area contributed by atoms with E-state index in [1.54, 1.807) is 7.05 Å². The first-order chi connectivity index (χ1) is 9.19. The lowest BCUT2D eigenvalue weighted by atomic mass is 10.2. The van der Waals surface area contributed by atoms with E-state index < -0.39 is 6.36 Å². The average Bonchev–Trinajstić information content (AvgIpc) is 2.34. The van der Waals surface area contributed by atoms with Gasteiger partial charge in [-0.1, -0.05) is 0 Å². The fourth-order valence-corrected chi connectivity index (χ4v) is 1.52. The molecule has 1 amide bonds. The quantitative estimate of drug-likeness (QED) is 0.906. The van der Waals surface area contributed by atoms with Gasteiger partial charge >= 0.3 is 6.36 Å². The molecule has 20 heavy (non-hydrogen) atoms. The molecule has 1 aromatic carbocycles. The lowest BCUT2D eigenvalue weighted by Gasteiger charge is -2.18. The molecule has 0 aliphatic heterocycles. The monoisotopic (exact) mass is 290 g/mol. The van der Waals surface area contributed by atoms with Crippen LogP contribution in [0.4, 0.5) is 13.2 Å². The van der Waals surface area contributed by atoms with Crippen LogP contribution in [0.25, 0.3) is 0 Å². The lowest BCUT2D eigenvalue weighted by molar-refractivity contribution is -0.274. The van der Waals surface area contributed by atoms with E-state index in [2.05, 4.69) is 4.74 Å². The summed E-state index contributed by atoms with van der Waals surface area (Å²) in [7, 11) is 1.62. The molecule has 4 nitrogen and oxygen atoms in total. The average molecular weight is 290 g/mol.